The number of hydrogen-bond donors (Lipinski definition) is 0. The van der Waals surface area contributed by atoms with Crippen molar-refractivity contribution >= 4 is 34.8 Å². The van der Waals surface area contributed by atoms with E-state index in [4.69, 9.17) is 4.74 Å². The van der Waals surface area contributed by atoms with Crippen molar-refractivity contribution in [3.63, 3.8) is 0 Å². The highest BCUT2D eigenvalue weighted by Crippen LogP contribution is 2.40. The minimum Gasteiger partial charge on any atom is -0.497 e. The molecule has 3 aliphatic heterocycles. The average molecular weight is 434 g/mol. The Balaban J connectivity index is 1.31. The van der Waals surface area contributed by atoms with Gasteiger partial charge in [-0.05, 0) is 48.9 Å². The van der Waals surface area contributed by atoms with Crippen molar-refractivity contribution in [2.24, 2.45) is 0 Å². The molecule has 2 aromatic carbocycles. The molecule has 1 atom stereocenters. The van der Waals surface area contributed by atoms with Crippen LogP contribution in [0.4, 0.5) is 17.1 Å². The summed E-state index contributed by atoms with van der Waals surface area (Å²) in [5.41, 5.74) is 2.97. The Kier molecular flexibility index (Phi) is 5.00. The Hall–Kier alpha value is -3.55. The summed E-state index contributed by atoms with van der Waals surface area (Å²) in [6.45, 7) is 2.71. The molecular weight excluding hydrogens is 408 g/mol. The maximum absolute atomic E-state index is 13.2. The van der Waals surface area contributed by atoms with Gasteiger partial charge in [-0.15, -0.1) is 0 Å². The van der Waals surface area contributed by atoms with Gasteiger partial charge in [0, 0.05) is 50.9 Å². The van der Waals surface area contributed by atoms with E-state index < -0.39 is 6.04 Å². The first-order chi connectivity index (χ1) is 15.5. The zero-order valence-electron chi connectivity index (χ0n) is 18.3. The molecule has 2 aromatic rings. The van der Waals surface area contributed by atoms with Gasteiger partial charge in [0.25, 0.3) is 5.91 Å². The Bertz CT molecular complexity index is 1080. The number of ether oxygens (including phenoxy) is 1. The van der Waals surface area contributed by atoms with E-state index in [1.54, 1.807) is 42.2 Å². The number of likely N-dealkylation sites (N-methyl/N-ethyl adjacent to an activating group) is 1. The number of benzene rings is 2. The monoisotopic (exact) mass is 434 g/mol. The maximum atomic E-state index is 13.2. The second-order valence-corrected chi connectivity index (χ2v) is 8.40. The molecule has 0 N–H and O–H groups in total. The number of methoxy groups -OCH3 is 1. The summed E-state index contributed by atoms with van der Waals surface area (Å²) in [5.74, 6) is 0.630. The van der Waals surface area contributed by atoms with E-state index in [9.17, 15) is 14.4 Å². The van der Waals surface area contributed by atoms with E-state index in [1.165, 1.54) is 0 Å². The summed E-state index contributed by atoms with van der Waals surface area (Å²) in [4.78, 5) is 45.5. The van der Waals surface area contributed by atoms with Gasteiger partial charge >= 0.3 is 0 Å². The molecule has 32 heavy (non-hydrogen) atoms. The summed E-state index contributed by atoms with van der Waals surface area (Å²) in [7, 11) is 3.36. The average Bonchev–Trinajstić information content (AvgIpc) is 3.23. The third-order valence-electron chi connectivity index (χ3n) is 6.68. The van der Waals surface area contributed by atoms with Gasteiger partial charge in [-0.25, -0.2) is 0 Å². The summed E-state index contributed by atoms with van der Waals surface area (Å²) < 4.78 is 5.22. The Morgan fingerprint density at radius 2 is 1.69 bits per heavy atom. The Morgan fingerprint density at radius 1 is 0.969 bits per heavy atom. The summed E-state index contributed by atoms with van der Waals surface area (Å²) in [6.07, 6.45) is 0.920. The number of carbonyl (C=O) groups excluding carboxylic acids is 3. The van der Waals surface area contributed by atoms with Crippen LogP contribution >= 0.6 is 0 Å². The predicted molar refractivity (Wildman–Crippen MR) is 121 cm³/mol. The Morgan fingerprint density at radius 3 is 2.38 bits per heavy atom. The fourth-order valence-electron chi connectivity index (χ4n) is 4.83. The van der Waals surface area contributed by atoms with E-state index in [0.717, 1.165) is 24.5 Å². The minimum atomic E-state index is -0.424. The van der Waals surface area contributed by atoms with Crippen LogP contribution in [-0.4, -0.2) is 69.0 Å². The highest BCUT2D eigenvalue weighted by Gasteiger charge is 2.44. The van der Waals surface area contributed by atoms with Crippen molar-refractivity contribution in [1.29, 1.82) is 0 Å². The van der Waals surface area contributed by atoms with Crippen molar-refractivity contribution < 1.29 is 19.1 Å². The lowest BCUT2D eigenvalue weighted by Crippen LogP contribution is -2.50. The molecule has 3 amide bonds. The molecule has 166 valence electrons. The normalized spacial score (nSPS) is 20.4. The molecule has 0 spiro atoms. The molecule has 0 aromatic heterocycles. The lowest BCUT2D eigenvalue weighted by atomic mass is 10.0. The molecule has 0 unspecified atom stereocenters. The summed E-state index contributed by atoms with van der Waals surface area (Å²) in [5, 5.41) is 0. The van der Waals surface area contributed by atoms with Gasteiger partial charge in [0.2, 0.25) is 11.8 Å². The second kappa shape index (κ2) is 7.85. The standard InChI is InChI=1S/C24H26N4O4/c1-25-21-15-16(3-8-19(21)28-20(24(25)31)9-10-22(28)29)23(30)27-13-11-26(12-14-27)17-4-6-18(32-2)7-5-17/h3-8,15,20H,9-14H2,1-2H3/t20-/m1/s1. The van der Waals surface area contributed by atoms with Crippen molar-refractivity contribution in [3.05, 3.63) is 48.0 Å². The highest BCUT2D eigenvalue weighted by atomic mass is 16.5. The highest BCUT2D eigenvalue weighted by molar-refractivity contribution is 6.15. The molecule has 8 nitrogen and oxygen atoms in total. The van der Waals surface area contributed by atoms with Crippen molar-refractivity contribution in [2.75, 3.05) is 55.0 Å². The van der Waals surface area contributed by atoms with Crippen LogP contribution in [0.5, 0.6) is 5.75 Å². The largest absolute Gasteiger partial charge is 0.497 e. The van der Waals surface area contributed by atoms with Gasteiger partial charge in [0.15, 0.2) is 0 Å². The number of nitrogens with zero attached hydrogens (tertiary/aromatic N) is 4. The number of fused-ring (bicyclic) bond motifs is 3. The SMILES string of the molecule is COc1ccc(N2CCN(C(=O)c3ccc4c(c3)N(C)C(=O)[C@H]3CCC(=O)N43)CC2)cc1. The van der Waals surface area contributed by atoms with E-state index in [-0.39, 0.29) is 17.7 Å². The fraction of sp³-hybridized carbons (Fsp3) is 0.375. The number of hydrogen-bond acceptors (Lipinski definition) is 5. The second-order valence-electron chi connectivity index (χ2n) is 8.40. The van der Waals surface area contributed by atoms with Gasteiger partial charge in [-0.1, -0.05) is 0 Å². The molecule has 3 heterocycles. The molecule has 2 fully saturated rings. The van der Waals surface area contributed by atoms with Crippen LogP contribution in [0.3, 0.4) is 0 Å². The van der Waals surface area contributed by atoms with E-state index in [2.05, 4.69) is 4.90 Å². The first kappa shape index (κ1) is 20.4. The molecule has 2 saturated heterocycles. The van der Waals surface area contributed by atoms with Crippen molar-refractivity contribution in [1.82, 2.24) is 4.90 Å². The topological polar surface area (TPSA) is 73.4 Å². The van der Waals surface area contributed by atoms with E-state index in [0.29, 0.717) is 42.9 Å². The minimum absolute atomic E-state index is 0.0357. The zero-order chi connectivity index (χ0) is 22.4. The fourth-order valence-corrected chi connectivity index (χ4v) is 4.83. The molecule has 5 rings (SSSR count). The van der Waals surface area contributed by atoms with Crippen LogP contribution in [0.15, 0.2) is 42.5 Å². The molecule has 0 bridgehead atoms. The molecule has 0 radical (unpaired) electrons. The van der Waals surface area contributed by atoms with Crippen LogP contribution in [-0.2, 0) is 9.59 Å². The predicted octanol–water partition coefficient (Wildman–Crippen LogP) is 2.13. The van der Waals surface area contributed by atoms with Crippen LogP contribution in [0.2, 0.25) is 0 Å². The quantitative estimate of drug-likeness (QED) is 0.740. The van der Waals surface area contributed by atoms with Crippen molar-refractivity contribution in [2.45, 2.75) is 18.9 Å². The number of anilines is 3. The zero-order valence-corrected chi connectivity index (χ0v) is 18.3. The first-order valence-electron chi connectivity index (χ1n) is 10.9. The first-order valence-corrected chi connectivity index (χ1v) is 10.9. The van der Waals surface area contributed by atoms with Gasteiger partial charge in [0.05, 0.1) is 18.5 Å². The third-order valence-corrected chi connectivity index (χ3v) is 6.68. The summed E-state index contributed by atoms with van der Waals surface area (Å²) in [6, 6.07) is 12.8. The lowest BCUT2D eigenvalue weighted by molar-refractivity contribution is -0.122. The van der Waals surface area contributed by atoms with Gasteiger partial charge < -0.3 is 19.4 Å². The smallest absolute Gasteiger partial charge is 0.254 e. The van der Waals surface area contributed by atoms with Gasteiger partial charge in [0.1, 0.15) is 11.8 Å². The van der Waals surface area contributed by atoms with Crippen LogP contribution in [0.1, 0.15) is 23.2 Å². The molecule has 3 aliphatic rings. The summed E-state index contributed by atoms with van der Waals surface area (Å²) >= 11 is 0. The Labute approximate surface area is 186 Å². The van der Waals surface area contributed by atoms with Crippen LogP contribution in [0, 0.1) is 0 Å². The van der Waals surface area contributed by atoms with Gasteiger partial charge in [-0.3, -0.25) is 19.3 Å². The van der Waals surface area contributed by atoms with E-state index in [1.807, 2.05) is 29.2 Å². The molecule has 0 aliphatic carbocycles. The number of carbonyl (C=O) groups is 3. The van der Waals surface area contributed by atoms with Crippen LogP contribution < -0.4 is 19.4 Å². The molecular formula is C24H26N4O4. The number of rotatable bonds is 3. The molecule has 0 saturated carbocycles. The number of amides is 3. The maximum Gasteiger partial charge on any atom is 0.254 e. The number of piperazine rings is 1. The third kappa shape index (κ3) is 3.26. The van der Waals surface area contributed by atoms with Crippen LogP contribution in [0.25, 0.3) is 0 Å². The van der Waals surface area contributed by atoms with Crippen molar-refractivity contribution in [3.8, 4) is 5.75 Å². The molecule has 8 heteroatoms. The van der Waals surface area contributed by atoms with E-state index >= 15 is 0 Å². The van der Waals surface area contributed by atoms with Gasteiger partial charge in [-0.2, -0.15) is 0 Å². The lowest BCUT2D eigenvalue weighted by Gasteiger charge is -2.38.